The smallest absolute Gasteiger partial charge is 0.0110 e. The Labute approximate surface area is 139 Å². The van der Waals surface area contributed by atoms with Gasteiger partial charge in [0.15, 0.2) is 0 Å². The van der Waals surface area contributed by atoms with Gasteiger partial charge in [-0.2, -0.15) is 0 Å². The fourth-order valence-electron chi connectivity index (χ4n) is 3.87. The van der Waals surface area contributed by atoms with Crippen LogP contribution in [0.1, 0.15) is 47.0 Å². The number of piperidine rings is 1. The molecule has 0 unspecified atom stereocenters. The molecule has 0 spiro atoms. The second-order valence-electron chi connectivity index (χ2n) is 8.46. The fourth-order valence-corrected chi connectivity index (χ4v) is 3.87. The van der Waals surface area contributed by atoms with Gasteiger partial charge in [0.2, 0.25) is 0 Å². The Morgan fingerprint density at radius 1 is 0.727 bits per heavy atom. The molecule has 2 saturated heterocycles. The van der Waals surface area contributed by atoms with Gasteiger partial charge in [0.05, 0.1) is 0 Å². The maximum atomic E-state index is 2.73. The highest BCUT2D eigenvalue weighted by atomic mass is 15.3. The van der Waals surface area contributed by atoms with E-state index in [-0.39, 0.29) is 0 Å². The van der Waals surface area contributed by atoms with E-state index < -0.39 is 0 Å². The zero-order valence-electron chi connectivity index (χ0n) is 15.6. The molecule has 0 N–H and O–H groups in total. The summed E-state index contributed by atoms with van der Waals surface area (Å²) >= 11 is 0. The largest absolute Gasteiger partial charge is 0.303 e. The highest BCUT2D eigenvalue weighted by Crippen LogP contribution is 2.20. The Hall–Kier alpha value is -0.120. The molecule has 0 amide bonds. The molecule has 3 nitrogen and oxygen atoms in total. The minimum Gasteiger partial charge on any atom is -0.303 e. The van der Waals surface area contributed by atoms with Gasteiger partial charge >= 0.3 is 0 Å². The monoisotopic (exact) mass is 309 g/mol. The highest BCUT2D eigenvalue weighted by Gasteiger charge is 2.23. The van der Waals surface area contributed by atoms with Crippen LogP contribution < -0.4 is 0 Å². The lowest BCUT2D eigenvalue weighted by Crippen LogP contribution is -2.49. The van der Waals surface area contributed by atoms with Crippen molar-refractivity contribution < 1.29 is 0 Å². The number of hydrogen-bond donors (Lipinski definition) is 0. The van der Waals surface area contributed by atoms with Crippen LogP contribution in [0.15, 0.2) is 0 Å². The van der Waals surface area contributed by atoms with Crippen LogP contribution in [0.3, 0.4) is 0 Å². The Balaban J connectivity index is 1.59. The maximum Gasteiger partial charge on any atom is 0.0110 e. The van der Waals surface area contributed by atoms with Gasteiger partial charge in [-0.15, -0.1) is 0 Å². The van der Waals surface area contributed by atoms with E-state index in [1.807, 2.05) is 0 Å². The molecule has 2 heterocycles. The predicted octanol–water partition coefficient (Wildman–Crippen LogP) is 3.02. The average Bonchev–Trinajstić information content (AvgIpc) is 2.48. The molecule has 0 aromatic rings. The molecule has 2 rings (SSSR count). The summed E-state index contributed by atoms with van der Waals surface area (Å²) in [4.78, 5) is 8.07. The number of piperazine rings is 1. The molecule has 2 aliphatic rings. The molecule has 0 atom stereocenters. The summed E-state index contributed by atoms with van der Waals surface area (Å²) in [7, 11) is 0. The van der Waals surface area contributed by atoms with Gasteiger partial charge in [-0.05, 0) is 56.7 Å². The number of rotatable bonds is 7. The zero-order chi connectivity index (χ0) is 15.9. The molecule has 22 heavy (non-hydrogen) atoms. The molecular weight excluding hydrogens is 270 g/mol. The van der Waals surface area contributed by atoms with E-state index in [4.69, 9.17) is 0 Å². The van der Waals surface area contributed by atoms with Crippen LogP contribution in [-0.2, 0) is 0 Å². The average molecular weight is 310 g/mol. The Bertz CT molecular complexity index is 287. The normalized spacial score (nSPS) is 23.7. The molecule has 3 heteroatoms. The van der Waals surface area contributed by atoms with Crippen LogP contribution in [0.4, 0.5) is 0 Å². The van der Waals surface area contributed by atoms with Crippen LogP contribution in [0.5, 0.6) is 0 Å². The standard InChI is InChI=1S/C19H39N3/c1-17(2)5-8-20-9-6-19(7-10-20)16-22-13-11-21(12-14-22)15-18(3)4/h17-19H,5-16H2,1-4H3. The van der Waals surface area contributed by atoms with E-state index in [1.165, 1.54) is 78.2 Å². The summed E-state index contributed by atoms with van der Waals surface area (Å²) < 4.78 is 0. The van der Waals surface area contributed by atoms with Gasteiger partial charge in [-0.1, -0.05) is 27.7 Å². The first-order chi connectivity index (χ1) is 10.5. The van der Waals surface area contributed by atoms with Gasteiger partial charge in [-0.3, -0.25) is 0 Å². The van der Waals surface area contributed by atoms with Crippen LogP contribution >= 0.6 is 0 Å². The summed E-state index contributed by atoms with van der Waals surface area (Å²) in [6, 6.07) is 0. The molecule has 0 aromatic heterocycles. The first kappa shape index (κ1) is 18.2. The third-order valence-electron chi connectivity index (χ3n) is 5.33. The maximum absolute atomic E-state index is 2.73. The first-order valence-corrected chi connectivity index (χ1v) is 9.70. The topological polar surface area (TPSA) is 9.72 Å². The quantitative estimate of drug-likeness (QED) is 0.716. The second kappa shape index (κ2) is 9.24. The molecule has 0 saturated carbocycles. The van der Waals surface area contributed by atoms with E-state index in [2.05, 4.69) is 42.4 Å². The van der Waals surface area contributed by atoms with Crippen molar-refractivity contribution in [2.75, 3.05) is 58.9 Å². The van der Waals surface area contributed by atoms with Gasteiger partial charge in [0, 0.05) is 39.3 Å². The van der Waals surface area contributed by atoms with E-state index >= 15 is 0 Å². The molecule has 130 valence electrons. The van der Waals surface area contributed by atoms with Crippen LogP contribution in [-0.4, -0.2) is 73.6 Å². The highest BCUT2D eigenvalue weighted by molar-refractivity contribution is 4.79. The fraction of sp³-hybridized carbons (Fsp3) is 1.00. The van der Waals surface area contributed by atoms with Crippen molar-refractivity contribution in [3.8, 4) is 0 Å². The van der Waals surface area contributed by atoms with E-state index in [0.717, 1.165) is 17.8 Å². The lowest BCUT2D eigenvalue weighted by Gasteiger charge is -2.39. The number of nitrogens with zero attached hydrogens (tertiary/aromatic N) is 3. The molecule has 0 radical (unpaired) electrons. The van der Waals surface area contributed by atoms with E-state index in [0.29, 0.717) is 0 Å². The van der Waals surface area contributed by atoms with Crippen LogP contribution in [0, 0.1) is 17.8 Å². The van der Waals surface area contributed by atoms with Gasteiger partial charge in [0.25, 0.3) is 0 Å². The zero-order valence-corrected chi connectivity index (χ0v) is 15.6. The molecule has 0 aromatic carbocycles. The van der Waals surface area contributed by atoms with Crippen molar-refractivity contribution in [3.05, 3.63) is 0 Å². The Kier molecular flexibility index (Phi) is 7.66. The Morgan fingerprint density at radius 2 is 1.32 bits per heavy atom. The predicted molar refractivity (Wildman–Crippen MR) is 96.3 cm³/mol. The summed E-state index contributed by atoms with van der Waals surface area (Å²) in [5.74, 6) is 2.61. The van der Waals surface area contributed by atoms with Crippen molar-refractivity contribution in [3.63, 3.8) is 0 Å². The Morgan fingerprint density at radius 3 is 1.86 bits per heavy atom. The van der Waals surface area contributed by atoms with Crippen molar-refractivity contribution in [2.24, 2.45) is 17.8 Å². The molecular formula is C19H39N3. The molecule has 0 aliphatic carbocycles. The number of likely N-dealkylation sites (tertiary alicyclic amines) is 1. The number of hydrogen-bond acceptors (Lipinski definition) is 3. The molecule has 2 aliphatic heterocycles. The van der Waals surface area contributed by atoms with Gasteiger partial charge in [0.1, 0.15) is 0 Å². The summed E-state index contributed by atoms with van der Waals surface area (Å²) in [5, 5.41) is 0. The minimum atomic E-state index is 0.807. The second-order valence-corrected chi connectivity index (χ2v) is 8.46. The molecule has 2 fully saturated rings. The lowest BCUT2D eigenvalue weighted by molar-refractivity contribution is 0.0889. The summed E-state index contributed by atoms with van der Waals surface area (Å²) in [6.07, 6.45) is 4.21. The third kappa shape index (κ3) is 6.55. The van der Waals surface area contributed by atoms with Gasteiger partial charge in [-0.25, -0.2) is 0 Å². The van der Waals surface area contributed by atoms with Crippen LogP contribution in [0.25, 0.3) is 0 Å². The summed E-state index contributed by atoms with van der Waals surface area (Å²) in [5.41, 5.74) is 0. The van der Waals surface area contributed by atoms with Crippen molar-refractivity contribution in [1.29, 1.82) is 0 Å². The third-order valence-corrected chi connectivity index (χ3v) is 5.33. The van der Waals surface area contributed by atoms with E-state index in [9.17, 15) is 0 Å². The van der Waals surface area contributed by atoms with Crippen molar-refractivity contribution in [2.45, 2.75) is 47.0 Å². The first-order valence-electron chi connectivity index (χ1n) is 9.70. The van der Waals surface area contributed by atoms with Crippen molar-refractivity contribution in [1.82, 2.24) is 14.7 Å². The minimum absolute atomic E-state index is 0.807. The molecule has 0 bridgehead atoms. The lowest BCUT2D eigenvalue weighted by atomic mass is 9.95. The van der Waals surface area contributed by atoms with Gasteiger partial charge < -0.3 is 14.7 Å². The van der Waals surface area contributed by atoms with Crippen molar-refractivity contribution >= 4 is 0 Å². The van der Waals surface area contributed by atoms with Crippen LogP contribution in [0.2, 0.25) is 0 Å². The van der Waals surface area contributed by atoms with E-state index in [1.54, 1.807) is 0 Å². The summed E-state index contributed by atoms with van der Waals surface area (Å²) in [6.45, 7) is 21.1. The SMILES string of the molecule is CC(C)CCN1CCC(CN2CCN(CC(C)C)CC2)CC1.